The standard InChI is InChI=1S/C46H33NS/c47-42-25-13-14-26-43(42)48-30-31-27-28-35-34-19-11-12-24-40(34)46(41(35)29-31,33-17-5-2-6-18-33)45-38-22-9-7-20-36(38)44(32-15-3-1-4-16-32)37-21-8-10-23-39(37)45/h1-29H,30,47H2. The number of thioether (sulfide) groups is 1. The molecule has 0 heterocycles. The van der Waals surface area contributed by atoms with E-state index in [9.17, 15) is 0 Å². The van der Waals surface area contributed by atoms with Crippen molar-refractivity contribution in [1.29, 1.82) is 0 Å². The van der Waals surface area contributed by atoms with E-state index in [1.807, 2.05) is 12.1 Å². The van der Waals surface area contributed by atoms with Crippen molar-refractivity contribution in [3.05, 3.63) is 204 Å². The van der Waals surface area contributed by atoms with Crippen LogP contribution in [0.25, 0.3) is 43.8 Å². The summed E-state index contributed by atoms with van der Waals surface area (Å²) < 4.78 is 0. The first-order chi connectivity index (χ1) is 23.7. The molecule has 0 bridgehead atoms. The van der Waals surface area contributed by atoms with Gasteiger partial charge in [0.2, 0.25) is 0 Å². The van der Waals surface area contributed by atoms with Gasteiger partial charge in [-0.15, -0.1) is 11.8 Å². The molecule has 1 atom stereocenters. The van der Waals surface area contributed by atoms with Gasteiger partial charge in [-0.3, -0.25) is 0 Å². The SMILES string of the molecule is Nc1ccccc1SCc1ccc2c(c1)C(c1ccccc1)(c1c3ccccc3c(-c3ccccc3)c3ccccc13)c1ccccc1-2. The molecule has 2 heteroatoms. The second-order valence-electron chi connectivity index (χ2n) is 12.6. The van der Waals surface area contributed by atoms with Crippen molar-refractivity contribution in [3.63, 3.8) is 0 Å². The Morgan fingerprint density at radius 3 is 1.75 bits per heavy atom. The molecule has 1 aliphatic rings. The molecule has 1 aliphatic carbocycles. The number of anilines is 1. The van der Waals surface area contributed by atoms with Crippen molar-refractivity contribution < 1.29 is 0 Å². The number of rotatable bonds is 6. The van der Waals surface area contributed by atoms with E-state index in [1.54, 1.807) is 11.8 Å². The number of nitrogen functional groups attached to an aromatic ring is 1. The maximum Gasteiger partial charge on any atom is 0.0725 e. The maximum atomic E-state index is 6.37. The molecule has 0 aromatic heterocycles. The highest BCUT2D eigenvalue weighted by Crippen LogP contribution is 2.59. The molecule has 0 saturated carbocycles. The first-order valence-electron chi connectivity index (χ1n) is 16.5. The van der Waals surface area contributed by atoms with E-state index in [0.29, 0.717) is 0 Å². The van der Waals surface area contributed by atoms with E-state index in [2.05, 4.69) is 164 Å². The van der Waals surface area contributed by atoms with E-state index in [0.717, 1.165) is 16.3 Å². The molecule has 8 aromatic rings. The second-order valence-corrected chi connectivity index (χ2v) is 13.6. The summed E-state index contributed by atoms with van der Waals surface area (Å²) in [6.07, 6.45) is 0. The molecule has 8 aromatic carbocycles. The van der Waals surface area contributed by atoms with Crippen molar-refractivity contribution in [2.24, 2.45) is 0 Å². The third kappa shape index (κ3) is 4.33. The van der Waals surface area contributed by atoms with Crippen LogP contribution >= 0.6 is 11.8 Å². The summed E-state index contributed by atoms with van der Waals surface area (Å²) in [5.74, 6) is 0.831. The van der Waals surface area contributed by atoms with E-state index >= 15 is 0 Å². The average Bonchev–Trinajstić information content (AvgIpc) is 3.44. The van der Waals surface area contributed by atoms with Crippen LogP contribution in [-0.4, -0.2) is 0 Å². The zero-order valence-electron chi connectivity index (χ0n) is 26.4. The summed E-state index contributed by atoms with van der Waals surface area (Å²) in [6.45, 7) is 0. The Bertz CT molecular complexity index is 2410. The van der Waals surface area contributed by atoms with Crippen molar-refractivity contribution in [2.75, 3.05) is 5.73 Å². The number of hydrogen-bond donors (Lipinski definition) is 1. The Morgan fingerprint density at radius 2 is 1.04 bits per heavy atom. The van der Waals surface area contributed by atoms with Crippen LogP contribution in [0.5, 0.6) is 0 Å². The fourth-order valence-corrected chi connectivity index (χ4v) is 8.96. The third-order valence-electron chi connectivity index (χ3n) is 10.00. The Morgan fingerprint density at radius 1 is 0.479 bits per heavy atom. The molecule has 2 N–H and O–H groups in total. The minimum absolute atomic E-state index is 0.548. The highest BCUT2D eigenvalue weighted by molar-refractivity contribution is 7.98. The van der Waals surface area contributed by atoms with Crippen molar-refractivity contribution >= 4 is 39.0 Å². The predicted octanol–water partition coefficient (Wildman–Crippen LogP) is 11.9. The van der Waals surface area contributed by atoms with Crippen LogP contribution in [0, 0.1) is 0 Å². The maximum absolute atomic E-state index is 6.37. The van der Waals surface area contributed by atoms with Gasteiger partial charge in [0.25, 0.3) is 0 Å². The van der Waals surface area contributed by atoms with Crippen LogP contribution in [0.15, 0.2) is 181 Å². The molecule has 0 spiro atoms. The summed E-state index contributed by atoms with van der Waals surface area (Å²) in [5, 5.41) is 5.09. The Balaban J connectivity index is 1.41. The highest BCUT2D eigenvalue weighted by atomic mass is 32.2. The summed E-state index contributed by atoms with van der Waals surface area (Å²) in [6, 6.07) is 64.5. The molecular formula is C46H33NS. The van der Waals surface area contributed by atoms with Crippen LogP contribution < -0.4 is 5.73 Å². The zero-order valence-corrected chi connectivity index (χ0v) is 27.3. The molecule has 228 valence electrons. The van der Waals surface area contributed by atoms with Gasteiger partial charge in [-0.2, -0.15) is 0 Å². The van der Waals surface area contributed by atoms with Crippen LogP contribution in [0.4, 0.5) is 5.69 Å². The topological polar surface area (TPSA) is 26.0 Å². The molecule has 0 amide bonds. The van der Waals surface area contributed by atoms with Gasteiger partial charge in [0, 0.05) is 16.3 Å². The molecular weight excluding hydrogens is 599 g/mol. The van der Waals surface area contributed by atoms with Gasteiger partial charge in [-0.05, 0) is 83.7 Å². The lowest BCUT2D eigenvalue weighted by atomic mass is 9.64. The average molecular weight is 632 g/mol. The lowest BCUT2D eigenvalue weighted by Gasteiger charge is -2.36. The van der Waals surface area contributed by atoms with Crippen molar-refractivity contribution in [3.8, 4) is 22.3 Å². The predicted molar refractivity (Wildman–Crippen MR) is 205 cm³/mol. The molecule has 48 heavy (non-hydrogen) atoms. The van der Waals surface area contributed by atoms with Gasteiger partial charge >= 0.3 is 0 Å². The van der Waals surface area contributed by atoms with Crippen LogP contribution in [0.1, 0.15) is 27.8 Å². The minimum atomic E-state index is -0.548. The Hall–Kier alpha value is -5.57. The van der Waals surface area contributed by atoms with E-state index in [-0.39, 0.29) is 0 Å². The van der Waals surface area contributed by atoms with Crippen LogP contribution in [0.3, 0.4) is 0 Å². The summed E-state index contributed by atoms with van der Waals surface area (Å²) in [4.78, 5) is 1.11. The summed E-state index contributed by atoms with van der Waals surface area (Å²) in [5.41, 5.74) is 18.3. The monoisotopic (exact) mass is 631 g/mol. The zero-order chi connectivity index (χ0) is 32.1. The van der Waals surface area contributed by atoms with E-state index < -0.39 is 5.41 Å². The quantitative estimate of drug-likeness (QED) is 0.112. The van der Waals surface area contributed by atoms with Gasteiger partial charge in [-0.1, -0.05) is 164 Å². The normalized spacial score (nSPS) is 15.0. The van der Waals surface area contributed by atoms with Gasteiger partial charge in [0.05, 0.1) is 5.41 Å². The lowest BCUT2D eigenvalue weighted by Crippen LogP contribution is -2.29. The van der Waals surface area contributed by atoms with E-state index in [1.165, 1.54) is 71.6 Å². The Labute approximate surface area is 285 Å². The minimum Gasteiger partial charge on any atom is -0.398 e. The van der Waals surface area contributed by atoms with Gasteiger partial charge in [-0.25, -0.2) is 0 Å². The number of para-hydroxylation sites is 1. The first-order valence-corrected chi connectivity index (χ1v) is 17.5. The summed E-state index contributed by atoms with van der Waals surface area (Å²) in [7, 11) is 0. The number of benzene rings is 8. The van der Waals surface area contributed by atoms with Gasteiger partial charge < -0.3 is 5.73 Å². The molecule has 1 unspecified atom stereocenters. The molecule has 0 radical (unpaired) electrons. The molecule has 0 aliphatic heterocycles. The first kappa shape index (κ1) is 28.6. The largest absolute Gasteiger partial charge is 0.398 e. The number of nitrogens with two attached hydrogens (primary N) is 1. The summed E-state index contributed by atoms with van der Waals surface area (Å²) >= 11 is 1.80. The number of hydrogen-bond acceptors (Lipinski definition) is 2. The third-order valence-corrected chi connectivity index (χ3v) is 11.2. The molecule has 0 saturated heterocycles. The van der Waals surface area contributed by atoms with Gasteiger partial charge in [0.15, 0.2) is 0 Å². The van der Waals surface area contributed by atoms with Crippen molar-refractivity contribution in [2.45, 2.75) is 16.1 Å². The lowest BCUT2D eigenvalue weighted by molar-refractivity contribution is 0.782. The molecule has 9 rings (SSSR count). The van der Waals surface area contributed by atoms with Gasteiger partial charge in [0.1, 0.15) is 0 Å². The smallest absolute Gasteiger partial charge is 0.0725 e. The highest BCUT2D eigenvalue weighted by Gasteiger charge is 2.48. The van der Waals surface area contributed by atoms with Crippen LogP contribution in [-0.2, 0) is 11.2 Å². The fraction of sp³-hybridized carbons (Fsp3) is 0.0435. The molecule has 0 fully saturated rings. The van der Waals surface area contributed by atoms with Crippen molar-refractivity contribution in [1.82, 2.24) is 0 Å². The van der Waals surface area contributed by atoms with Crippen LogP contribution in [0.2, 0.25) is 0 Å². The Kier molecular flexibility index (Phi) is 6.92. The second kappa shape index (κ2) is 11.6. The van der Waals surface area contributed by atoms with E-state index in [4.69, 9.17) is 5.73 Å². The number of fused-ring (bicyclic) bond motifs is 5. The molecule has 1 nitrogen and oxygen atoms in total. The fourth-order valence-electron chi connectivity index (χ4n) is 8.05.